The van der Waals surface area contributed by atoms with Crippen LogP contribution >= 0.6 is 0 Å². The second-order valence-electron chi connectivity index (χ2n) is 7.08. The molecule has 33 heavy (non-hydrogen) atoms. The van der Waals surface area contributed by atoms with E-state index < -0.39 is 35.1 Å². The standard InChI is InChI=1S/C22H22F2N2O6S/c23-22(24)32-18-9-6-16(7-10-18)8-11-21(28)31-15-20(27)25-17-4-3-5-19(14-17)33(29,30)26-12-1-2-13-26/h3-11,14,22H,1-2,12-13,15H2,(H,25,27). The van der Waals surface area contributed by atoms with E-state index in [9.17, 15) is 26.8 Å². The summed E-state index contributed by atoms with van der Waals surface area (Å²) in [5.74, 6) is -1.44. The average Bonchev–Trinajstić information content (AvgIpc) is 3.33. The summed E-state index contributed by atoms with van der Waals surface area (Å²) < 4.78 is 60.1. The molecule has 176 valence electrons. The van der Waals surface area contributed by atoms with Crippen LogP contribution in [0.2, 0.25) is 0 Å². The molecule has 1 amide bonds. The Morgan fingerprint density at radius 1 is 1.09 bits per heavy atom. The van der Waals surface area contributed by atoms with Crippen molar-refractivity contribution in [3.8, 4) is 5.75 Å². The number of hydrogen-bond acceptors (Lipinski definition) is 6. The van der Waals surface area contributed by atoms with E-state index in [0.717, 1.165) is 18.9 Å². The van der Waals surface area contributed by atoms with E-state index >= 15 is 0 Å². The van der Waals surface area contributed by atoms with Gasteiger partial charge in [0.2, 0.25) is 10.0 Å². The summed E-state index contributed by atoms with van der Waals surface area (Å²) in [4.78, 5) is 24.0. The van der Waals surface area contributed by atoms with Crippen LogP contribution in [0.3, 0.4) is 0 Å². The minimum absolute atomic E-state index is 0.0151. The van der Waals surface area contributed by atoms with Crippen molar-refractivity contribution in [3.63, 3.8) is 0 Å². The molecule has 1 fully saturated rings. The maximum Gasteiger partial charge on any atom is 0.387 e. The number of sulfonamides is 1. The van der Waals surface area contributed by atoms with E-state index in [1.807, 2.05) is 0 Å². The highest BCUT2D eigenvalue weighted by molar-refractivity contribution is 7.89. The number of carbonyl (C=O) groups excluding carboxylic acids is 2. The van der Waals surface area contributed by atoms with Crippen LogP contribution in [0.5, 0.6) is 5.75 Å². The molecule has 0 aliphatic carbocycles. The van der Waals surface area contributed by atoms with Gasteiger partial charge in [-0.05, 0) is 54.8 Å². The van der Waals surface area contributed by atoms with Crippen LogP contribution in [0.15, 0.2) is 59.5 Å². The first-order valence-corrected chi connectivity index (χ1v) is 11.5. The van der Waals surface area contributed by atoms with Crippen molar-refractivity contribution in [1.82, 2.24) is 4.31 Å². The summed E-state index contributed by atoms with van der Waals surface area (Å²) in [5, 5.41) is 2.50. The predicted molar refractivity (Wildman–Crippen MR) is 116 cm³/mol. The summed E-state index contributed by atoms with van der Waals surface area (Å²) in [6.45, 7) is -2.57. The lowest BCUT2D eigenvalue weighted by Crippen LogP contribution is -2.28. The molecule has 0 bridgehead atoms. The predicted octanol–water partition coefficient (Wildman–Crippen LogP) is 3.27. The molecular weight excluding hydrogens is 458 g/mol. The van der Waals surface area contributed by atoms with Gasteiger partial charge < -0.3 is 14.8 Å². The van der Waals surface area contributed by atoms with Crippen molar-refractivity contribution in [2.24, 2.45) is 0 Å². The molecule has 0 spiro atoms. The summed E-state index contributed by atoms with van der Waals surface area (Å²) in [6.07, 6.45) is 4.10. The molecule has 2 aromatic rings. The zero-order valence-electron chi connectivity index (χ0n) is 17.4. The zero-order chi connectivity index (χ0) is 23.8. The number of carbonyl (C=O) groups is 2. The third kappa shape index (κ3) is 7.09. The molecule has 1 aliphatic heterocycles. The Labute approximate surface area is 189 Å². The van der Waals surface area contributed by atoms with Gasteiger partial charge in [-0.3, -0.25) is 4.79 Å². The Balaban J connectivity index is 1.50. The molecule has 11 heteroatoms. The minimum Gasteiger partial charge on any atom is -0.452 e. The Morgan fingerprint density at radius 3 is 2.45 bits per heavy atom. The summed E-state index contributed by atoms with van der Waals surface area (Å²) in [6, 6.07) is 11.4. The minimum atomic E-state index is -3.62. The lowest BCUT2D eigenvalue weighted by molar-refractivity contribution is -0.142. The molecule has 0 saturated carbocycles. The maximum absolute atomic E-state index is 12.6. The molecule has 8 nitrogen and oxygen atoms in total. The highest BCUT2D eigenvalue weighted by Gasteiger charge is 2.27. The number of esters is 1. The quantitative estimate of drug-likeness (QED) is 0.437. The van der Waals surface area contributed by atoms with Crippen LogP contribution in [-0.4, -0.2) is 50.9 Å². The molecule has 0 unspecified atom stereocenters. The molecule has 1 aliphatic rings. The highest BCUT2D eigenvalue weighted by Crippen LogP contribution is 2.23. The highest BCUT2D eigenvalue weighted by atomic mass is 32.2. The molecule has 2 aromatic carbocycles. The van der Waals surface area contributed by atoms with Crippen molar-refractivity contribution < 1.29 is 36.3 Å². The molecule has 1 N–H and O–H groups in total. The van der Waals surface area contributed by atoms with E-state index in [1.165, 1.54) is 58.9 Å². The lowest BCUT2D eigenvalue weighted by Gasteiger charge is -2.16. The topological polar surface area (TPSA) is 102 Å². The van der Waals surface area contributed by atoms with E-state index in [2.05, 4.69) is 10.1 Å². The zero-order valence-corrected chi connectivity index (χ0v) is 18.3. The fraction of sp³-hybridized carbons (Fsp3) is 0.273. The van der Waals surface area contributed by atoms with Gasteiger partial charge in [-0.15, -0.1) is 0 Å². The second kappa shape index (κ2) is 11.0. The van der Waals surface area contributed by atoms with Gasteiger partial charge in [-0.1, -0.05) is 18.2 Å². The SMILES string of the molecule is O=C(COC(=O)C=Cc1ccc(OC(F)F)cc1)Nc1cccc(S(=O)(=O)N2CCCC2)c1. The van der Waals surface area contributed by atoms with Gasteiger partial charge in [0.15, 0.2) is 6.61 Å². The van der Waals surface area contributed by atoms with Crippen molar-refractivity contribution in [2.45, 2.75) is 24.3 Å². The van der Waals surface area contributed by atoms with Crippen molar-refractivity contribution in [2.75, 3.05) is 25.0 Å². The third-order valence-electron chi connectivity index (χ3n) is 4.68. The Hall–Kier alpha value is -3.31. The average molecular weight is 480 g/mol. The molecular formula is C22H22F2N2O6S. The van der Waals surface area contributed by atoms with Gasteiger partial charge in [0.25, 0.3) is 5.91 Å². The van der Waals surface area contributed by atoms with Gasteiger partial charge in [-0.25, -0.2) is 13.2 Å². The molecule has 0 atom stereocenters. The van der Waals surface area contributed by atoms with Gasteiger partial charge in [0.05, 0.1) is 4.90 Å². The third-order valence-corrected chi connectivity index (χ3v) is 6.58. The molecule has 0 radical (unpaired) electrons. The Bertz CT molecular complexity index is 1110. The summed E-state index contributed by atoms with van der Waals surface area (Å²) in [5.41, 5.74) is 0.798. The first-order valence-electron chi connectivity index (χ1n) is 10.0. The van der Waals surface area contributed by atoms with Crippen LogP contribution in [0.4, 0.5) is 14.5 Å². The monoisotopic (exact) mass is 480 g/mol. The van der Waals surface area contributed by atoms with E-state index in [1.54, 1.807) is 0 Å². The summed E-state index contributed by atoms with van der Waals surface area (Å²) in [7, 11) is -3.62. The number of rotatable bonds is 9. The van der Waals surface area contributed by atoms with Crippen LogP contribution in [0.1, 0.15) is 18.4 Å². The van der Waals surface area contributed by atoms with E-state index in [4.69, 9.17) is 4.74 Å². The van der Waals surface area contributed by atoms with Crippen LogP contribution in [0.25, 0.3) is 6.08 Å². The van der Waals surface area contributed by atoms with Crippen molar-refractivity contribution >= 4 is 33.7 Å². The van der Waals surface area contributed by atoms with Gasteiger partial charge in [-0.2, -0.15) is 13.1 Å². The first-order chi connectivity index (χ1) is 15.7. The number of anilines is 1. The molecule has 1 saturated heterocycles. The molecule has 0 aromatic heterocycles. The van der Waals surface area contributed by atoms with Crippen molar-refractivity contribution in [3.05, 3.63) is 60.2 Å². The number of halogens is 2. The first kappa shape index (κ1) is 24.3. The number of amides is 1. The number of alkyl halides is 2. The van der Waals surface area contributed by atoms with Crippen LogP contribution in [0, 0.1) is 0 Å². The number of nitrogens with zero attached hydrogens (tertiary/aromatic N) is 1. The van der Waals surface area contributed by atoms with E-state index in [-0.39, 0.29) is 16.3 Å². The van der Waals surface area contributed by atoms with Gasteiger partial charge in [0, 0.05) is 24.9 Å². The smallest absolute Gasteiger partial charge is 0.387 e. The van der Waals surface area contributed by atoms with Gasteiger partial charge >= 0.3 is 12.6 Å². The largest absolute Gasteiger partial charge is 0.452 e. The normalized spacial score (nSPS) is 14.5. The second-order valence-corrected chi connectivity index (χ2v) is 9.01. The fourth-order valence-electron chi connectivity index (χ4n) is 3.12. The number of nitrogens with one attached hydrogen (secondary N) is 1. The van der Waals surface area contributed by atoms with Crippen LogP contribution < -0.4 is 10.1 Å². The Kier molecular flexibility index (Phi) is 8.12. The molecule has 1 heterocycles. The number of benzene rings is 2. The number of hydrogen-bond donors (Lipinski definition) is 1. The van der Waals surface area contributed by atoms with Crippen LogP contribution in [-0.2, 0) is 24.3 Å². The maximum atomic E-state index is 12.6. The lowest BCUT2D eigenvalue weighted by atomic mass is 10.2. The van der Waals surface area contributed by atoms with E-state index in [0.29, 0.717) is 18.7 Å². The fourth-order valence-corrected chi connectivity index (χ4v) is 4.68. The van der Waals surface area contributed by atoms with Gasteiger partial charge in [0.1, 0.15) is 5.75 Å². The number of ether oxygens (including phenoxy) is 2. The molecule has 3 rings (SSSR count). The van der Waals surface area contributed by atoms with Crippen molar-refractivity contribution in [1.29, 1.82) is 0 Å². The summed E-state index contributed by atoms with van der Waals surface area (Å²) >= 11 is 0. The Morgan fingerprint density at radius 2 is 1.79 bits per heavy atom.